The van der Waals surface area contributed by atoms with Crippen LogP contribution in [0.25, 0.3) is 0 Å². The Kier molecular flexibility index (Phi) is 3.82. The second kappa shape index (κ2) is 5.93. The molecule has 22 heavy (non-hydrogen) atoms. The van der Waals surface area contributed by atoms with Gasteiger partial charge < -0.3 is 10.4 Å². The number of hydrogen-bond donors (Lipinski definition) is 2. The summed E-state index contributed by atoms with van der Waals surface area (Å²) >= 11 is 0. The molecular weight excluding hydrogens is 282 g/mol. The first kappa shape index (κ1) is 14.2. The number of carbonyl (C=O) groups excluding carboxylic acids is 1. The van der Waals surface area contributed by atoms with Gasteiger partial charge in [-0.1, -0.05) is 6.07 Å². The van der Waals surface area contributed by atoms with Crippen molar-refractivity contribution >= 4 is 11.9 Å². The van der Waals surface area contributed by atoms with Crippen molar-refractivity contribution in [2.75, 3.05) is 0 Å². The molecule has 2 aromatic rings. The van der Waals surface area contributed by atoms with Crippen LogP contribution in [0.3, 0.4) is 0 Å². The Morgan fingerprint density at radius 2 is 2.14 bits per heavy atom. The van der Waals surface area contributed by atoms with E-state index in [9.17, 15) is 9.59 Å². The van der Waals surface area contributed by atoms with Crippen LogP contribution in [0.2, 0.25) is 0 Å². The highest BCUT2D eigenvalue weighted by atomic mass is 16.4. The Morgan fingerprint density at radius 3 is 2.86 bits per heavy atom. The number of carboxylic acid groups (broad SMARTS) is 1. The van der Waals surface area contributed by atoms with Crippen LogP contribution in [0.1, 0.15) is 33.8 Å². The van der Waals surface area contributed by atoms with Gasteiger partial charge in [-0.25, -0.2) is 4.79 Å². The lowest BCUT2D eigenvalue weighted by molar-refractivity contribution is -0.122. The van der Waals surface area contributed by atoms with Crippen LogP contribution in [0.15, 0.2) is 43.0 Å². The summed E-state index contributed by atoms with van der Waals surface area (Å²) in [7, 11) is 0. The van der Waals surface area contributed by atoms with Crippen molar-refractivity contribution in [1.82, 2.24) is 15.3 Å². The van der Waals surface area contributed by atoms with E-state index in [0.717, 1.165) is 12.0 Å². The minimum absolute atomic E-state index is 0.0189. The van der Waals surface area contributed by atoms with Crippen molar-refractivity contribution in [3.8, 4) is 0 Å². The van der Waals surface area contributed by atoms with Crippen LogP contribution >= 0.6 is 0 Å². The topological polar surface area (TPSA) is 92.2 Å². The van der Waals surface area contributed by atoms with Crippen LogP contribution in [-0.4, -0.2) is 27.0 Å². The number of amides is 1. The van der Waals surface area contributed by atoms with Gasteiger partial charge in [-0.3, -0.25) is 14.8 Å². The molecule has 0 radical (unpaired) electrons. The van der Waals surface area contributed by atoms with Crippen LogP contribution in [0, 0.1) is 5.92 Å². The normalized spacial score (nSPS) is 19.5. The molecule has 0 aliphatic heterocycles. The lowest BCUT2D eigenvalue weighted by atomic mass is 10.1. The number of aromatic nitrogens is 2. The quantitative estimate of drug-likeness (QED) is 0.874. The summed E-state index contributed by atoms with van der Waals surface area (Å²) < 4.78 is 0. The van der Waals surface area contributed by atoms with Gasteiger partial charge >= 0.3 is 5.97 Å². The van der Waals surface area contributed by atoms with Crippen molar-refractivity contribution < 1.29 is 14.7 Å². The van der Waals surface area contributed by atoms with Crippen LogP contribution in [0.4, 0.5) is 0 Å². The molecular formula is C16H15N3O3. The molecule has 0 unspecified atom stereocenters. The highest BCUT2D eigenvalue weighted by Crippen LogP contribution is 2.47. The van der Waals surface area contributed by atoms with E-state index in [1.165, 1.54) is 12.3 Å². The Balaban J connectivity index is 1.56. The summed E-state index contributed by atoms with van der Waals surface area (Å²) in [4.78, 5) is 30.9. The third-order valence-corrected chi connectivity index (χ3v) is 3.75. The second-order valence-electron chi connectivity index (χ2n) is 5.34. The van der Waals surface area contributed by atoms with Crippen molar-refractivity contribution in [2.45, 2.75) is 18.9 Å². The maximum atomic E-state index is 12.1. The van der Waals surface area contributed by atoms with Gasteiger partial charge in [0.2, 0.25) is 5.91 Å². The maximum absolute atomic E-state index is 12.1. The van der Waals surface area contributed by atoms with Gasteiger partial charge in [0, 0.05) is 37.3 Å². The first-order valence-electron chi connectivity index (χ1n) is 7.00. The number of aromatic carboxylic acids is 1. The fourth-order valence-corrected chi connectivity index (χ4v) is 2.47. The first-order chi connectivity index (χ1) is 10.6. The van der Waals surface area contributed by atoms with E-state index >= 15 is 0 Å². The zero-order valence-corrected chi connectivity index (χ0v) is 11.8. The Hall–Kier alpha value is -2.76. The van der Waals surface area contributed by atoms with Gasteiger partial charge in [0.05, 0.1) is 5.56 Å². The molecule has 0 aromatic carbocycles. The van der Waals surface area contributed by atoms with Gasteiger partial charge in [0.25, 0.3) is 0 Å². The highest BCUT2D eigenvalue weighted by Gasteiger charge is 2.43. The van der Waals surface area contributed by atoms with Gasteiger partial charge in [-0.05, 0) is 35.6 Å². The van der Waals surface area contributed by atoms with Gasteiger partial charge in [-0.2, -0.15) is 0 Å². The molecule has 2 aromatic heterocycles. The van der Waals surface area contributed by atoms with Gasteiger partial charge in [0.1, 0.15) is 0 Å². The zero-order chi connectivity index (χ0) is 15.5. The second-order valence-corrected chi connectivity index (χ2v) is 5.34. The number of carbonyl (C=O) groups is 2. The molecule has 0 spiro atoms. The van der Waals surface area contributed by atoms with Crippen LogP contribution < -0.4 is 5.32 Å². The summed E-state index contributed by atoms with van der Waals surface area (Å²) in [5.74, 6) is -0.842. The van der Waals surface area contributed by atoms with Crippen molar-refractivity contribution in [1.29, 1.82) is 0 Å². The van der Waals surface area contributed by atoms with E-state index in [4.69, 9.17) is 5.11 Å². The number of nitrogens with one attached hydrogen (secondary N) is 1. The molecule has 1 fully saturated rings. The molecule has 2 N–H and O–H groups in total. The SMILES string of the molecule is O=C(O)c1cncc(CNC(=O)[C@@H]2C[C@H]2c2cccnc2)c1. The van der Waals surface area contributed by atoms with E-state index in [2.05, 4.69) is 15.3 Å². The zero-order valence-electron chi connectivity index (χ0n) is 11.8. The smallest absolute Gasteiger partial charge is 0.337 e. The van der Waals surface area contributed by atoms with Crippen molar-refractivity contribution in [3.05, 3.63) is 59.7 Å². The fourth-order valence-electron chi connectivity index (χ4n) is 2.47. The number of carboxylic acids is 1. The largest absolute Gasteiger partial charge is 0.478 e. The summed E-state index contributed by atoms with van der Waals surface area (Å²) in [5, 5.41) is 11.7. The molecule has 1 amide bonds. The minimum Gasteiger partial charge on any atom is -0.478 e. The molecule has 6 heteroatoms. The molecule has 2 heterocycles. The van der Waals surface area contributed by atoms with E-state index in [1.807, 2.05) is 12.1 Å². The lowest BCUT2D eigenvalue weighted by Crippen LogP contribution is -2.25. The van der Waals surface area contributed by atoms with Gasteiger partial charge in [-0.15, -0.1) is 0 Å². The predicted octanol–water partition coefficient (Wildman–Crippen LogP) is 1.59. The van der Waals surface area contributed by atoms with Gasteiger partial charge in [0.15, 0.2) is 0 Å². The molecule has 6 nitrogen and oxygen atoms in total. The number of hydrogen-bond acceptors (Lipinski definition) is 4. The van der Waals surface area contributed by atoms with E-state index in [0.29, 0.717) is 5.56 Å². The summed E-state index contributed by atoms with van der Waals surface area (Å²) in [5.41, 5.74) is 1.87. The van der Waals surface area contributed by atoms with Crippen LogP contribution in [-0.2, 0) is 11.3 Å². The summed E-state index contributed by atoms with van der Waals surface area (Å²) in [6.07, 6.45) is 7.16. The third-order valence-electron chi connectivity index (χ3n) is 3.75. The Bertz CT molecular complexity index is 703. The number of pyridine rings is 2. The monoisotopic (exact) mass is 297 g/mol. The molecule has 1 aliphatic rings. The fraction of sp³-hybridized carbons (Fsp3) is 0.250. The average molecular weight is 297 g/mol. The Morgan fingerprint density at radius 1 is 1.27 bits per heavy atom. The maximum Gasteiger partial charge on any atom is 0.337 e. The molecule has 0 saturated heterocycles. The summed E-state index contributed by atoms with van der Waals surface area (Å²) in [6, 6.07) is 5.36. The van der Waals surface area contributed by atoms with E-state index in [1.54, 1.807) is 18.6 Å². The Labute approximate surface area is 127 Å². The third kappa shape index (κ3) is 3.11. The molecule has 0 bridgehead atoms. The minimum atomic E-state index is -1.03. The first-order valence-corrected chi connectivity index (χ1v) is 7.00. The van der Waals surface area contributed by atoms with Crippen molar-refractivity contribution in [3.63, 3.8) is 0 Å². The number of nitrogens with zero attached hydrogens (tertiary/aromatic N) is 2. The van der Waals surface area contributed by atoms with Crippen molar-refractivity contribution in [2.24, 2.45) is 5.92 Å². The molecule has 2 atom stereocenters. The highest BCUT2D eigenvalue weighted by molar-refractivity contribution is 5.87. The molecule has 3 rings (SSSR count). The molecule has 1 saturated carbocycles. The number of rotatable bonds is 5. The average Bonchev–Trinajstić information content (AvgIpc) is 3.34. The molecule has 1 aliphatic carbocycles. The lowest BCUT2D eigenvalue weighted by Gasteiger charge is -2.05. The molecule has 112 valence electrons. The standard InChI is InChI=1S/C16H15N3O3/c20-15(14-5-13(14)11-2-1-3-17-8-11)19-7-10-4-12(16(21)22)9-18-6-10/h1-4,6,8-9,13-14H,5,7H2,(H,19,20)(H,21,22)/t13-,14+/m0/s1. The predicted molar refractivity (Wildman–Crippen MR) is 78.1 cm³/mol. The van der Waals surface area contributed by atoms with Crippen LogP contribution in [0.5, 0.6) is 0 Å². The van der Waals surface area contributed by atoms with E-state index in [-0.39, 0.29) is 29.9 Å². The van der Waals surface area contributed by atoms with E-state index < -0.39 is 5.97 Å². The summed E-state index contributed by atoms with van der Waals surface area (Å²) in [6.45, 7) is 0.281.